The van der Waals surface area contributed by atoms with E-state index in [0.717, 1.165) is 21.2 Å². The summed E-state index contributed by atoms with van der Waals surface area (Å²) in [7, 11) is 0. The van der Waals surface area contributed by atoms with Crippen LogP contribution in [-0.2, 0) is 0 Å². The van der Waals surface area contributed by atoms with Gasteiger partial charge in [0.1, 0.15) is 0 Å². The van der Waals surface area contributed by atoms with Crippen LogP contribution in [0.2, 0.25) is 0 Å². The Balaban J connectivity index is 1.99. The fourth-order valence-corrected chi connectivity index (χ4v) is 2.84. The van der Waals surface area contributed by atoms with Crippen LogP contribution in [0.4, 0.5) is 0 Å². The number of benzene rings is 3. The number of carbonyl (C=O) groups excluding carboxylic acids is 1. The number of fused-ring (bicyclic) bond motifs is 1. The first-order chi connectivity index (χ1) is 12.7. The summed E-state index contributed by atoms with van der Waals surface area (Å²) in [5, 5.41) is 15.1. The maximum Gasteiger partial charge on any atom is 0.267 e. The molecule has 0 aromatic heterocycles. The summed E-state index contributed by atoms with van der Waals surface area (Å²) in [6.45, 7) is -0.0204. The van der Waals surface area contributed by atoms with Crippen molar-refractivity contribution in [3.05, 3.63) is 94.4 Å². The van der Waals surface area contributed by atoms with Gasteiger partial charge in [0.15, 0.2) is 6.19 Å². The Labute approximate surface area is 150 Å². The molecule has 126 valence electrons. The van der Waals surface area contributed by atoms with E-state index in [9.17, 15) is 10.1 Å². The minimum Gasteiger partial charge on any atom is -0.268 e. The van der Waals surface area contributed by atoms with Gasteiger partial charge in [0.25, 0.3) is 5.91 Å². The molecule has 1 amide bonds. The molecule has 3 aromatic rings. The lowest BCUT2D eigenvalue weighted by Crippen LogP contribution is -2.32. The van der Waals surface area contributed by atoms with Gasteiger partial charge in [-0.3, -0.25) is 4.79 Å². The van der Waals surface area contributed by atoms with Crippen LogP contribution in [0, 0.1) is 11.5 Å². The van der Waals surface area contributed by atoms with Crippen LogP contribution >= 0.6 is 0 Å². The molecule has 0 saturated heterocycles. The average molecular weight is 341 g/mol. The fourth-order valence-electron chi connectivity index (χ4n) is 2.84. The second-order valence-electron chi connectivity index (χ2n) is 5.68. The van der Waals surface area contributed by atoms with Gasteiger partial charge in [-0.05, 0) is 34.0 Å². The quantitative estimate of drug-likeness (QED) is 0.219. The zero-order valence-corrected chi connectivity index (χ0v) is 13.9. The van der Waals surface area contributed by atoms with Gasteiger partial charge < -0.3 is 0 Å². The van der Waals surface area contributed by atoms with Gasteiger partial charge in [-0.15, -0.1) is 0 Å². The first-order valence-electron chi connectivity index (χ1n) is 8.02. The molecule has 0 heterocycles. The van der Waals surface area contributed by atoms with E-state index in [-0.39, 0.29) is 6.54 Å². The number of nitriles is 1. The van der Waals surface area contributed by atoms with Crippen molar-refractivity contribution in [3.8, 4) is 6.19 Å². The molecule has 0 bridgehead atoms. The SMILES string of the molecule is N#CN(C(=O)c1ccc2ccccc2c1)[C@@H](CN=[N+]=[N-])c1ccccc1. The van der Waals surface area contributed by atoms with E-state index in [2.05, 4.69) is 10.0 Å². The Morgan fingerprint density at radius 3 is 2.46 bits per heavy atom. The number of carbonyl (C=O) groups is 1. The Morgan fingerprint density at radius 2 is 1.77 bits per heavy atom. The zero-order chi connectivity index (χ0) is 18.4. The first kappa shape index (κ1) is 17.0. The molecule has 0 unspecified atom stereocenters. The predicted octanol–water partition coefficient (Wildman–Crippen LogP) is 4.81. The van der Waals surface area contributed by atoms with Crippen LogP contribution < -0.4 is 0 Å². The smallest absolute Gasteiger partial charge is 0.267 e. The van der Waals surface area contributed by atoms with Gasteiger partial charge in [-0.1, -0.05) is 65.8 Å². The number of amides is 1. The minimum absolute atomic E-state index is 0.0204. The zero-order valence-electron chi connectivity index (χ0n) is 13.9. The van der Waals surface area contributed by atoms with Gasteiger partial charge in [0.2, 0.25) is 0 Å². The first-order valence-corrected chi connectivity index (χ1v) is 8.02. The molecular formula is C20H15N5O. The van der Waals surface area contributed by atoms with Crippen molar-refractivity contribution >= 4 is 16.7 Å². The summed E-state index contributed by atoms with van der Waals surface area (Å²) >= 11 is 0. The summed E-state index contributed by atoms with van der Waals surface area (Å²) in [6, 6.07) is 21.4. The van der Waals surface area contributed by atoms with Gasteiger partial charge in [-0.25, -0.2) is 4.90 Å². The normalized spacial score (nSPS) is 11.2. The lowest BCUT2D eigenvalue weighted by atomic mass is 10.0. The number of hydrogen-bond donors (Lipinski definition) is 0. The number of azide groups is 1. The number of rotatable bonds is 5. The van der Waals surface area contributed by atoms with Crippen molar-refractivity contribution in [1.29, 1.82) is 5.26 Å². The molecule has 0 aliphatic carbocycles. The van der Waals surface area contributed by atoms with Crippen molar-refractivity contribution < 1.29 is 4.79 Å². The molecule has 0 saturated carbocycles. The Hall–Kier alpha value is -3.81. The summed E-state index contributed by atoms with van der Waals surface area (Å²) in [6.07, 6.45) is 1.96. The van der Waals surface area contributed by atoms with Crippen LogP contribution in [0.1, 0.15) is 22.0 Å². The predicted molar refractivity (Wildman–Crippen MR) is 98.9 cm³/mol. The highest BCUT2D eigenvalue weighted by Crippen LogP contribution is 2.24. The highest BCUT2D eigenvalue weighted by Gasteiger charge is 2.26. The molecule has 0 aliphatic heterocycles. The van der Waals surface area contributed by atoms with Crippen molar-refractivity contribution in [3.63, 3.8) is 0 Å². The fraction of sp³-hybridized carbons (Fsp3) is 0.100. The molecule has 0 fully saturated rings. The lowest BCUT2D eigenvalue weighted by molar-refractivity contribution is 0.0785. The summed E-state index contributed by atoms with van der Waals surface area (Å²) in [5.41, 5.74) is 9.80. The molecular weight excluding hydrogens is 326 g/mol. The second-order valence-corrected chi connectivity index (χ2v) is 5.68. The van der Waals surface area contributed by atoms with Crippen LogP contribution in [0.15, 0.2) is 77.9 Å². The minimum atomic E-state index is -0.656. The highest BCUT2D eigenvalue weighted by molar-refractivity contribution is 5.99. The molecule has 0 aliphatic rings. The maximum absolute atomic E-state index is 13.0. The Morgan fingerprint density at radius 1 is 1.08 bits per heavy atom. The molecule has 0 N–H and O–H groups in total. The van der Waals surface area contributed by atoms with Crippen LogP contribution in [0.5, 0.6) is 0 Å². The molecule has 3 rings (SSSR count). The molecule has 6 heteroatoms. The van der Waals surface area contributed by atoms with Crippen molar-refractivity contribution in [2.75, 3.05) is 6.54 Å². The maximum atomic E-state index is 13.0. The van der Waals surface area contributed by atoms with Crippen LogP contribution in [-0.4, -0.2) is 17.4 Å². The Bertz CT molecular complexity index is 1020. The van der Waals surface area contributed by atoms with Gasteiger partial charge in [-0.2, -0.15) is 5.26 Å². The second kappa shape index (κ2) is 7.84. The third-order valence-corrected chi connectivity index (χ3v) is 4.14. The molecule has 0 radical (unpaired) electrons. The van der Waals surface area contributed by atoms with Gasteiger partial charge in [0, 0.05) is 10.5 Å². The largest absolute Gasteiger partial charge is 0.268 e. The third-order valence-electron chi connectivity index (χ3n) is 4.14. The van der Waals surface area contributed by atoms with E-state index < -0.39 is 11.9 Å². The van der Waals surface area contributed by atoms with Crippen LogP contribution in [0.25, 0.3) is 21.2 Å². The molecule has 0 spiro atoms. The van der Waals surface area contributed by atoms with E-state index >= 15 is 0 Å². The monoisotopic (exact) mass is 341 g/mol. The highest BCUT2D eigenvalue weighted by atomic mass is 16.2. The molecule has 6 nitrogen and oxygen atoms in total. The molecule has 26 heavy (non-hydrogen) atoms. The van der Waals surface area contributed by atoms with E-state index in [4.69, 9.17) is 5.53 Å². The summed E-state index contributed by atoms with van der Waals surface area (Å²) < 4.78 is 0. The van der Waals surface area contributed by atoms with Gasteiger partial charge >= 0.3 is 0 Å². The number of hydrogen-bond acceptors (Lipinski definition) is 3. The molecule has 3 aromatic carbocycles. The van der Waals surface area contributed by atoms with E-state index in [1.54, 1.807) is 24.3 Å². The van der Waals surface area contributed by atoms with Gasteiger partial charge in [0.05, 0.1) is 12.6 Å². The van der Waals surface area contributed by atoms with Crippen LogP contribution in [0.3, 0.4) is 0 Å². The van der Waals surface area contributed by atoms with E-state index in [0.29, 0.717) is 5.56 Å². The summed E-state index contributed by atoms with van der Waals surface area (Å²) in [4.78, 5) is 16.8. The standard InChI is InChI=1S/C20H15N5O/c21-14-25(19(13-23-24-22)16-7-2-1-3-8-16)20(26)18-11-10-15-6-4-5-9-17(15)12-18/h1-12,19H,13H2/t19-/m0/s1. The van der Waals surface area contributed by atoms with Crippen molar-refractivity contribution in [1.82, 2.24) is 4.90 Å². The van der Waals surface area contributed by atoms with E-state index in [1.807, 2.05) is 54.7 Å². The third kappa shape index (κ3) is 3.48. The number of nitrogens with zero attached hydrogens (tertiary/aromatic N) is 5. The summed E-state index contributed by atoms with van der Waals surface area (Å²) in [5.74, 6) is -0.430. The lowest BCUT2D eigenvalue weighted by Gasteiger charge is -2.24. The average Bonchev–Trinajstić information content (AvgIpc) is 2.71. The van der Waals surface area contributed by atoms with Crippen molar-refractivity contribution in [2.24, 2.45) is 5.11 Å². The molecule has 1 atom stereocenters. The van der Waals surface area contributed by atoms with E-state index in [1.165, 1.54) is 0 Å². The Kier molecular flexibility index (Phi) is 5.14. The topological polar surface area (TPSA) is 92.9 Å². The van der Waals surface area contributed by atoms with Crippen molar-refractivity contribution in [2.45, 2.75) is 6.04 Å².